The van der Waals surface area contributed by atoms with E-state index in [-0.39, 0.29) is 23.8 Å². The number of nitrogens with zero attached hydrogens (tertiary/aromatic N) is 2. The highest BCUT2D eigenvalue weighted by Gasteiger charge is 2.30. The molecule has 0 aromatic carbocycles. The predicted octanol–water partition coefficient (Wildman–Crippen LogP) is 3.26. The fourth-order valence-corrected chi connectivity index (χ4v) is 3.55. The molecule has 0 radical (unpaired) electrons. The highest BCUT2D eigenvalue weighted by molar-refractivity contribution is 7.11. The molecule has 23 heavy (non-hydrogen) atoms. The molecule has 1 aromatic rings. The standard InChI is InChI=1S/C17H29N3O2S/c1-9(2)14(19-13(7)21)17(22)20(8)12(6)15-11(5)18-16(23-15)10(3)4/h9-10,12,14H,1-8H3,(H,19,21)/t12-,14+/m1/s1. The van der Waals surface area contributed by atoms with Gasteiger partial charge in [-0.3, -0.25) is 9.59 Å². The predicted molar refractivity (Wildman–Crippen MR) is 94.6 cm³/mol. The van der Waals surface area contributed by atoms with Crippen molar-refractivity contribution in [2.75, 3.05) is 7.05 Å². The number of thiazole rings is 1. The third-order valence-electron chi connectivity index (χ3n) is 3.94. The molecular formula is C17H29N3O2S. The largest absolute Gasteiger partial charge is 0.344 e. The zero-order valence-corrected chi connectivity index (χ0v) is 16.2. The Bertz CT molecular complexity index is 566. The Morgan fingerprint density at radius 1 is 1.17 bits per heavy atom. The number of hydrogen-bond donors (Lipinski definition) is 1. The minimum Gasteiger partial charge on any atom is -0.344 e. The van der Waals surface area contributed by atoms with E-state index in [2.05, 4.69) is 24.1 Å². The number of hydrogen-bond acceptors (Lipinski definition) is 4. The van der Waals surface area contributed by atoms with Crippen LogP contribution in [0.1, 0.15) is 69.1 Å². The summed E-state index contributed by atoms with van der Waals surface area (Å²) in [7, 11) is 1.79. The van der Waals surface area contributed by atoms with E-state index in [0.29, 0.717) is 5.92 Å². The quantitative estimate of drug-likeness (QED) is 0.865. The number of aromatic nitrogens is 1. The normalized spacial score (nSPS) is 14.0. The van der Waals surface area contributed by atoms with Gasteiger partial charge in [-0.1, -0.05) is 27.7 Å². The van der Waals surface area contributed by atoms with E-state index in [0.717, 1.165) is 15.6 Å². The van der Waals surface area contributed by atoms with Crippen molar-refractivity contribution in [1.82, 2.24) is 15.2 Å². The number of carbonyl (C=O) groups is 2. The van der Waals surface area contributed by atoms with Gasteiger partial charge in [-0.2, -0.15) is 0 Å². The van der Waals surface area contributed by atoms with Crippen LogP contribution >= 0.6 is 11.3 Å². The van der Waals surface area contributed by atoms with Crippen LogP contribution in [0.4, 0.5) is 0 Å². The average Bonchev–Trinajstić information content (AvgIpc) is 2.84. The van der Waals surface area contributed by atoms with E-state index in [1.807, 2.05) is 27.7 Å². The Labute approximate surface area is 143 Å². The minimum absolute atomic E-state index is 0.0369. The molecule has 0 bridgehead atoms. The molecule has 1 N–H and O–H groups in total. The van der Waals surface area contributed by atoms with Crippen molar-refractivity contribution in [3.63, 3.8) is 0 Å². The van der Waals surface area contributed by atoms with Gasteiger partial charge in [0.1, 0.15) is 6.04 Å². The van der Waals surface area contributed by atoms with Crippen LogP contribution in [0.3, 0.4) is 0 Å². The molecule has 0 saturated carbocycles. The van der Waals surface area contributed by atoms with Crippen LogP contribution in [0, 0.1) is 12.8 Å². The van der Waals surface area contributed by atoms with E-state index in [1.165, 1.54) is 6.92 Å². The van der Waals surface area contributed by atoms with E-state index in [1.54, 1.807) is 23.3 Å². The van der Waals surface area contributed by atoms with Gasteiger partial charge in [0.05, 0.1) is 16.7 Å². The molecular weight excluding hydrogens is 310 g/mol. The van der Waals surface area contributed by atoms with Crippen LogP contribution in [0.25, 0.3) is 0 Å². The Morgan fingerprint density at radius 3 is 2.13 bits per heavy atom. The van der Waals surface area contributed by atoms with Crippen LogP contribution in [0.5, 0.6) is 0 Å². The second-order valence-electron chi connectivity index (χ2n) is 6.70. The van der Waals surface area contributed by atoms with Gasteiger partial charge in [-0.25, -0.2) is 4.98 Å². The zero-order chi connectivity index (χ0) is 17.9. The maximum Gasteiger partial charge on any atom is 0.245 e. The van der Waals surface area contributed by atoms with E-state index >= 15 is 0 Å². The Balaban J connectivity index is 3.00. The first-order valence-corrected chi connectivity index (χ1v) is 8.88. The highest BCUT2D eigenvalue weighted by atomic mass is 32.1. The molecule has 2 atom stereocenters. The Morgan fingerprint density at radius 2 is 1.74 bits per heavy atom. The summed E-state index contributed by atoms with van der Waals surface area (Å²) >= 11 is 1.66. The number of rotatable bonds is 6. The van der Waals surface area contributed by atoms with Gasteiger partial charge in [-0.15, -0.1) is 11.3 Å². The molecule has 1 heterocycles. The second kappa shape index (κ2) is 7.90. The highest BCUT2D eigenvalue weighted by Crippen LogP contribution is 2.32. The van der Waals surface area contributed by atoms with Gasteiger partial charge in [0.15, 0.2) is 0 Å². The van der Waals surface area contributed by atoms with E-state index in [9.17, 15) is 9.59 Å². The third-order valence-corrected chi connectivity index (χ3v) is 5.57. The number of aryl methyl sites for hydroxylation is 1. The van der Waals surface area contributed by atoms with Crippen LogP contribution in [-0.2, 0) is 9.59 Å². The zero-order valence-electron chi connectivity index (χ0n) is 15.4. The third kappa shape index (κ3) is 4.77. The molecule has 0 saturated heterocycles. The molecule has 5 nitrogen and oxygen atoms in total. The van der Waals surface area contributed by atoms with Crippen molar-refractivity contribution in [2.45, 2.75) is 66.5 Å². The van der Waals surface area contributed by atoms with E-state index in [4.69, 9.17) is 0 Å². The average molecular weight is 340 g/mol. The molecule has 0 spiro atoms. The van der Waals surface area contributed by atoms with Crippen molar-refractivity contribution in [2.24, 2.45) is 5.92 Å². The van der Waals surface area contributed by atoms with Crippen molar-refractivity contribution in [3.8, 4) is 0 Å². The topological polar surface area (TPSA) is 62.3 Å². The van der Waals surface area contributed by atoms with Gasteiger partial charge in [0.2, 0.25) is 11.8 Å². The summed E-state index contributed by atoms with van der Waals surface area (Å²) < 4.78 is 0. The Kier molecular flexibility index (Phi) is 6.74. The van der Waals surface area contributed by atoms with Gasteiger partial charge < -0.3 is 10.2 Å². The number of nitrogens with one attached hydrogen (secondary N) is 1. The summed E-state index contributed by atoms with van der Waals surface area (Å²) in [6.07, 6.45) is 0. The summed E-state index contributed by atoms with van der Waals surface area (Å²) in [5.74, 6) is 0.161. The molecule has 1 aromatic heterocycles. The fourth-order valence-electron chi connectivity index (χ4n) is 2.38. The molecule has 0 aliphatic carbocycles. The number of likely N-dealkylation sites (N-methyl/N-ethyl adjacent to an activating group) is 1. The van der Waals surface area contributed by atoms with Gasteiger partial charge in [0.25, 0.3) is 0 Å². The second-order valence-corrected chi connectivity index (χ2v) is 7.77. The fraction of sp³-hybridized carbons (Fsp3) is 0.706. The molecule has 0 unspecified atom stereocenters. The molecule has 130 valence electrons. The summed E-state index contributed by atoms with van der Waals surface area (Å²) in [4.78, 5) is 31.6. The molecule has 0 aliphatic rings. The monoisotopic (exact) mass is 339 g/mol. The first kappa shape index (κ1) is 19.6. The van der Waals surface area contributed by atoms with Crippen LogP contribution in [0.2, 0.25) is 0 Å². The van der Waals surface area contributed by atoms with Crippen molar-refractivity contribution in [1.29, 1.82) is 0 Å². The van der Waals surface area contributed by atoms with Gasteiger partial charge >= 0.3 is 0 Å². The lowest BCUT2D eigenvalue weighted by Crippen LogP contribution is -2.50. The molecule has 6 heteroatoms. The molecule has 0 aliphatic heterocycles. The molecule has 1 rings (SSSR count). The number of amides is 2. The summed E-state index contributed by atoms with van der Waals surface area (Å²) in [5.41, 5.74) is 0.978. The smallest absolute Gasteiger partial charge is 0.245 e. The maximum absolute atomic E-state index is 12.8. The Hall–Kier alpha value is -1.43. The lowest BCUT2D eigenvalue weighted by Gasteiger charge is -2.30. The molecule has 0 fully saturated rings. The first-order chi connectivity index (χ1) is 10.6. The minimum atomic E-state index is -0.502. The van der Waals surface area contributed by atoms with Crippen LogP contribution < -0.4 is 5.32 Å². The van der Waals surface area contributed by atoms with Crippen molar-refractivity contribution >= 4 is 23.2 Å². The SMILES string of the molecule is CC(=O)N[C@H](C(=O)N(C)[C@H](C)c1sc(C(C)C)nc1C)C(C)C. The van der Waals surface area contributed by atoms with Crippen LogP contribution in [0.15, 0.2) is 0 Å². The molecule has 2 amide bonds. The van der Waals surface area contributed by atoms with Gasteiger partial charge in [0, 0.05) is 24.8 Å². The van der Waals surface area contributed by atoms with Crippen molar-refractivity contribution in [3.05, 3.63) is 15.6 Å². The number of carbonyl (C=O) groups excluding carboxylic acids is 2. The van der Waals surface area contributed by atoms with Crippen LogP contribution in [-0.4, -0.2) is 34.8 Å². The summed E-state index contributed by atoms with van der Waals surface area (Å²) in [5, 5.41) is 3.85. The summed E-state index contributed by atoms with van der Waals surface area (Å²) in [6.45, 7) is 13.5. The first-order valence-electron chi connectivity index (χ1n) is 8.07. The van der Waals surface area contributed by atoms with Crippen molar-refractivity contribution < 1.29 is 9.59 Å². The van der Waals surface area contributed by atoms with E-state index < -0.39 is 6.04 Å². The lowest BCUT2D eigenvalue weighted by molar-refractivity contribution is -0.137. The van der Waals surface area contributed by atoms with Gasteiger partial charge in [-0.05, 0) is 19.8 Å². The lowest BCUT2D eigenvalue weighted by atomic mass is 10.0. The summed E-state index contributed by atoms with van der Waals surface area (Å²) in [6, 6.07) is -0.569. The maximum atomic E-state index is 12.8.